The Labute approximate surface area is 176 Å². The minimum absolute atomic E-state index is 0.0196. The van der Waals surface area contributed by atoms with Crippen LogP contribution < -0.4 is 10.3 Å². The van der Waals surface area contributed by atoms with E-state index in [2.05, 4.69) is 17.1 Å². The third-order valence-corrected chi connectivity index (χ3v) is 5.05. The van der Waals surface area contributed by atoms with E-state index >= 15 is 0 Å². The molecule has 0 atom stereocenters. The highest BCUT2D eigenvalue weighted by atomic mass is 16.5. The van der Waals surface area contributed by atoms with E-state index in [1.54, 1.807) is 17.7 Å². The molecule has 4 aromatic rings. The fourth-order valence-corrected chi connectivity index (χ4v) is 3.41. The monoisotopic (exact) mass is 396 g/mol. The first-order valence-electron chi connectivity index (χ1n) is 10.1. The molecule has 0 fully saturated rings. The summed E-state index contributed by atoms with van der Waals surface area (Å²) in [6.07, 6.45) is 2.40. The van der Waals surface area contributed by atoms with Crippen molar-refractivity contribution < 1.29 is 4.74 Å². The molecule has 1 heterocycles. The largest absolute Gasteiger partial charge is 0.488 e. The van der Waals surface area contributed by atoms with Crippen molar-refractivity contribution in [2.24, 2.45) is 0 Å². The van der Waals surface area contributed by atoms with Crippen LogP contribution in [0.25, 0.3) is 11.4 Å². The molecule has 150 valence electrons. The van der Waals surface area contributed by atoms with Gasteiger partial charge in [0.05, 0.1) is 5.56 Å². The summed E-state index contributed by atoms with van der Waals surface area (Å²) < 4.78 is 7.87. The number of benzene rings is 3. The fourth-order valence-electron chi connectivity index (χ4n) is 3.41. The molecular weight excluding hydrogens is 372 g/mol. The maximum atomic E-state index is 13.0. The number of ether oxygens (including phenoxy) is 1. The molecule has 0 radical (unpaired) electrons. The van der Waals surface area contributed by atoms with E-state index in [1.165, 1.54) is 5.56 Å². The summed E-state index contributed by atoms with van der Waals surface area (Å²) in [5.74, 6) is 1.34. The molecule has 0 N–H and O–H groups in total. The molecule has 0 saturated carbocycles. The Bertz CT molecular complexity index is 1170. The number of para-hydroxylation sites is 1. The second-order valence-electron chi connectivity index (χ2n) is 7.23. The summed E-state index contributed by atoms with van der Waals surface area (Å²) in [6, 6.07) is 28.0. The third kappa shape index (κ3) is 4.49. The van der Waals surface area contributed by atoms with Crippen LogP contribution >= 0.6 is 0 Å². The average Bonchev–Trinajstić information content (AvgIpc) is 2.80. The first kappa shape index (κ1) is 19.6. The fraction of sp³-hybridized carbons (Fsp3) is 0.154. The molecule has 3 aromatic carbocycles. The van der Waals surface area contributed by atoms with Gasteiger partial charge in [-0.1, -0.05) is 72.8 Å². The van der Waals surface area contributed by atoms with Crippen molar-refractivity contribution in [2.75, 3.05) is 0 Å². The highest BCUT2D eigenvalue weighted by molar-refractivity contribution is 5.64. The molecule has 0 amide bonds. The van der Waals surface area contributed by atoms with Crippen LogP contribution in [-0.2, 0) is 19.6 Å². The Hall–Kier alpha value is -3.66. The topological polar surface area (TPSA) is 44.1 Å². The van der Waals surface area contributed by atoms with Crippen molar-refractivity contribution in [3.8, 4) is 17.1 Å². The van der Waals surface area contributed by atoms with Gasteiger partial charge < -0.3 is 4.74 Å². The number of aromatic nitrogens is 2. The highest BCUT2D eigenvalue weighted by Crippen LogP contribution is 2.28. The van der Waals surface area contributed by atoms with Crippen molar-refractivity contribution in [3.63, 3.8) is 0 Å². The first-order chi connectivity index (χ1) is 14.7. The van der Waals surface area contributed by atoms with Crippen molar-refractivity contribution in [2.45, 2.75) is 26.5 Å². The van der Waals surface area contributed by atoms with E-state index in [-0.39, 0.29) is 5.56 Å². The summed E-state index contributed by atoms with van der Waals surface area (Å²) in [5.41, 5.74) is 3.71. The van der Waals surface area contributed by atoms with Gasteiger partial charge in [-0.25, -0.2) is 4.98 Å². The average molecular weight is 396 g/mol. The molecule has 4 rings (SSSR count). The Morgan fingerprint density at radius 3 is 2.20 bits per heavy atom. The molecule has 0 bridgehead atoms. The third-order valence-electron chi connectivity index (χ3n) is 5.05. The molecular formula is C26H24N2O2. The van der Waals surface area contributed by atoms with Crippen LogP contribution in [-0.4, -0.2) is 9.55 Å². The van der Waals surface area contributed by atoms with Gasteiger partial charge in [0, 0.05) is 18.3 Å². The van der Waals surface area contributed by atoms with Gasteiger partial charge in [-0.15, -0.1) is 0 Å². The van der Waals surface area contributed by atoms with Gasteiger partial charge in [-0.2, -0.15) is 0 Å². The summed E-state index contributed by atoms with van der Waals surface area (Å²) >= 11 is 0. The zero-order valence-electron chi connectivity index (χ0n) is 17.0. The van der Waals surface area contributed by atoms with E-state index in [4.69, 9.17) is 4.74 Å². The second-order valence-corrected chi connectivity index (χ2v) is 7.23. The zero-order chi connectivity index (χ0) is 20.8. The van der Waals surface area contributed by atoms with Crippen LogP contribution in [0.2, 0.25) is 0 Å². The summed E-state index contributed by atoms with van der Waals surface area (Å²) in [5, 5.41) is 0. The lowest BCUT2D eigenvalue weighted by Crippen LogP contribution is -2.26. The molecule has 4 nitrogen and oxygen atoms in total. The van der Waals surface area contributed by atoms with Crippen molar-refractivity contribution >= 4 is 0 Å². The standard InChI is InChI=1S/C26H24N2O2/c1-20-18-27-25(28(26(20)29)17-16-21-10-4-2-5-11-21)23-14-8-9-15-24(23)30-19-22-12-6-3-7-13-22/h2-15,18H,16-17,19H2,1H3. The molecule has 0 unspecified atom stereocenters. The number of hydrogen-bond acceptors (Lipinski definition) is 3. The maximum Gasteiger partial charge on any atom is 0.256 e. The SMILES string of the molecule is Cc1cnc(-c2ccccc2OCc2ccccc2)n(CCc2ccccc2)c1=O. The van der Waals surface area contributed by atoms with Crippen molar-refractivity contribution in [3.05, 3.63) is 118 Å². The van der Waals surface area contributed by atoms with Gasteiger partial charge in [0.15, 0.2) is 0 Å². The maximum absolute atomic E-state index is 13.0. The summed E-state index contributed by atoms with van der Waals surface area (Å²) in [7, 11) is 0. The van der Waals surface area contributed by atoms with Crippen LogP contribution in [0.15, 0.2) is 95.9 Å². The Balaban J connectivity index is 1.67. The molecule has 4 heteroatoms. The Kier molecular flexibility index (Phi) is 6.04. The van der Waals surface area contributed by atoms with Crippen molar-refractivity contribution in [1.29, 1.82) is 0 Å². The van der Waals surface area contributed by atoms with Gasteiger partial charge in [-0.3, -0.25) is 9.36 Å². The van der Waals surface area contributed by atoms with Crippen LogP contribution in [0.3, 0.4) is 0 Å². The lowest BCUT2D eigenvalue weighted by molar-refractivity contribution is 0.307. The molecule has 0 spiro atoms. The van der Waals surface area contributed by atoms with Crippen LogP contribution in [0.4, 0.5) is 0 Å². The highest BCUT2D eigenvalue weighted by Gasteiger charge is 2.14. The normalized spacial score (nSPS) is 10.7. The molecule has 1 aromatic heterocycles. The number of nitrogens with zero attached hydrogens (tertiary/aromatic N) is 2. The van der Waals surface area contributed by atoms with E-state index < -0.39 is 0 Å². The second kappa shape index (κ2) is 9.23. The van der Waals surface area contributed by atoms with Gasteiger partial charge in [0.2, 0.25) is 0 Å². The Morgan fingerprint density at radius 1 is 0.833 bits per heavy atom. The predicted octanol–water partition coefficient (Wildman–Crippen LogP) is 5.04. The summed E-state index contributed by atoms with van der Waals surface area (Å²) in [4.78, 5) is 17.6. The van der Waals surface area contributed by atoms with Crippen LogP contribution in [0.1, 0.15) is 16.7 Å². The lowest BCUT2D eigenvalue weighted by Gasteiger charge is -2.16. The number of rotatable bonds is 7. The molecule has 0 aliphatic rings. The minimum atomic E-state index is -0.0196. The quantitative estimate of drug-likeness (QED) is 0.440. The molecule has 30 heavy (non-hydrogen) atoms. The van der Waals surface area contributed by atoms with E-state index in [9.17, 15) is 4.79 Å². The van der Waals surface area contributed by atoms with Gasteiger partial charge in [0.1, 0.15) is 18.2 Å². The molecule has 0 aliphatic heterocycles. The summed E-state index contributed by atoms with van der Waals surface area (Å²) in [6.45, 7) is 2.81. The van der Waals surface area contributed by atoms with E-state index in [0.717, 1.165) is 17.5 Å². The van der Waals surface area contributed by atoms with E-state index in [0.29, 0.717) is 30.3 Å². The van der Waals surface area contributed by atoms with E-state index in [1.807, 2.05) is 72.8 Å². The smallest absolute Gasteiger partial charge is 0.256 e. The minimum Gasteiger partial charge on any atom is -0.488 e. The predicted molar refractivity (Wildman–Crippen MR) is 120 cm³/mol. The number of hydrogen-bond donors (Lipinski definition) is 0. The van der Waals surface area contributed by atoms with Crippen LogP contribution in [0.5, 0.6) is 5.75 Å². The lowest BCUT2D eigenvalue weighted by atomic mass is 10.1. The zero-order valence-corrected chi connectivity index (χ0v) is 17.0. The molecule has 0 aliphatic carbocycles. The van der Waals surface area contributed by atoms with Gasteiger partial charge >= 0.3 is 0 Å². The molecule has 0 saturated heterocycles. The van der Waals surface area contributed by atoms with Crippen LogP contribution in [0, 0.1) is 6.92 Å². The number of aryl methyl sites for hydroxylation is 2. The van der Waals surface area contributed by atoms with Crippen molar-refractivity contribution in [1.82, 2.24) is 9.55 Å². The first-order valence-corrected chi connectivity index (χ1v) is 10.1. The van der Waals surface area contributed by atoms with Gasteiger partial charge in [0.25, 0.3) is 5.56 Å². The van der Waals surface area contributed by atoms with Gasteiger partial charge in [-0.05, 0) is 36.6 Å². The Morgan fingerprint density at radius 2 is 1.47 bits per heavy atom.